The van der Waals surface area contributed by atoms with E-state index in [4.69, 9.17) is 5.11 Å². The molecule has 0 atom stereocenters. The maximum Gasteiger partial charge on any atom is 0.0558 e. The van der Waals surface area contributed by atoms with E-state index in [0.717, 1.165) is 26.1 Å². The van der Waals surface area contributed by atoms with Gasteiger partial charge in [-0.05, 0) is 25.5 Å². The third-order valence-electron chi connectivity index (χ3n) is 2.64. The number of aliphatic hydroxyl groups is 1. The Morgan fingerprint density at radius 1 is 1.24 bits per heavy atom. The third kappa shape index (κ3) is 5.66. The third-order valence-corrected chi connectivity index (χ3v) is 2.64. The molecule has 17 heavy (non-hydrogen) atoms. The minimum absolute atomic E-state index is 0.235. The zero-order chi connectivity index (χ0) is 12.5. The smallest absolute Gasteiger partial charge is 0.0558 e. The maximum atomic E-state index is 9.00. The highest BCUT2D eigenvalue weighted by Crippen LogP contribution is 2.07. The lowest BCUT2D eigenvalue weighted by Gasteiger charge is -2.20. The van der Waals surface area contributed by atoms with Crippen molar-refractivity contribution in [2.45, 2.75) is 20.3 Å². The van der Waals surface area contributed by atoms with Crippen molar-refractivity contribution in [2.24, 2.45) is 0 Å². The van der Waals surface area contributed by atoms with Crippen LogP contribution in [0.15, 0.2) is 35.9 Å². The number of nitrogens with zero attached hydrogens (tertiary/aromatic N) is 1. The first-order valence-electron chi connectivity index (χ1n) is 6.31. The SMILES string of the molecule is CCCN(CCO)C/C(C)=C/c1ccccc1. The fourth-order valence-corrected chi connectivity index (χ4v) is 1.96. The number of hydrogen-bond donors (Lipinski definition) is 1. The summed E-state index contributed by atoms with van der Waals surface area (Å²) in [5.41, 5.74) is 2.57. The molecule has 0 unspecified atom stereocenters. The predicted octanol–water partition coefficient (Wildman–Crippen LogP) is 2.79. The summed E-state index contributed by atoms with van der Waals surface area (Å²) < 4.78 is 0. The number of hydrogen-bond acceptors (Lipinski definition) is 2. The number of benzene rings is 1. The van der Waals surface area contributed by atoms with Gasteiger partial charge in [-0.1, -0.05) is 48.9 Å². The molecule has 0 aromatic heterocycles. The molecule has 0 radical (unpaired) electrons. The van der Waals surface area contributed by atoms with Gasteiger partial charge in [0.25, 0.3) is 0 Å². The Hall–Kier alpha value is -1.12. The van der Waals surface area contributed by atoms with E-state index in [1.54, 1.807) is 0 Å². The molecular formula is C15H23NO. The second kappa shape index (κ2) is 8.04. The Morgan fingerprint density at radius 2 is 1.94 bits per heavy atom. The van der Waals surface area contributed by atoms with Gasteiger partial charge < -0.3 is 5.11 Å². The van der Waals surface area contributed by atoms with E-state index in [0.29, 0.717) is 0 Å². The van der Waals surface area contributed by atoms with E-state index >= 15 is 0 Å². The van der Waals surface area contributed by atoms with Crippen LogP contribution >= 0.6 is 0 Å². The van der Waals surface area contributed by atoms with Gasteiger partial charge in [0.15, 0.2) is 0 Å². The van der Waals surface area contributed by atoms with E-state index in [-0.39, 0.29) is 6.61 Å². The van der Waals surface area contributed by atoms with Crippen molar-refractivity contribution in [3.05, 3.63) is 41.5 Å². The molecular weight excluding hydrogens is 210 g/mol. The first kappa shape index (κ1) is 13.9. The van der Waals surface area contributed by atoms with Gasteiger partial charge >= 0.3 is 0 Å². The van der Waals surface area contributed by atoms with Crippen molar-refractivity contribution < 1.29 is 5.11 Å². The highest BCUT2D eigenvalue weighted by atomic mass is 16.3. The lowest BCUT2D eigenvalue weighted by molar-refractivity contribution is 0.206. The Morgan fingerprint density at radius 3 is 2.53 bits per heavy atom. The molecule has 0 heterocycles. The fourth-order valence-electron chi connectivity index (χ4n) is 1.96. The zero-order valence-corrected chi connectivity index (χ0v) is 10.9. The van der Waals surface area contributed by atoms with E-state index < -0.39 is 0 Å². The van der Waals surface area contributed by atoms with E-state index in [2.05, 4.69) is 49.1 Å². The summed E-state index contributed by atoms with van der Waals surface area (Å²) in [4.78, 5) is 2.29. The van der Waals surface area contributed by atoms with Crippen molar-refractivity contribution in [1.29, 1.82) is 0 Å². The minimum Gasteiger partial charge on any atom is -0.395 e. The van der Waals surface area contributed by atoms with Gasteiger partial charge in [-0.2, -0.15) is 0 Å². The van der Waals surface area contributed by atoms with E-state index in [1.807, 2.05) is 6.07 Å². The molecule has 1 aromatic carbocycles. The summed E-state index contributed by atoms with van der Waals surface area (Å²) in [6, 6.07) is 10.4. The molecule has 2 heteroatoms. The van der Waals surface area contributed by atoms with Crippen LogP contribution in [0.3, 0.4) is 0 Å². The molecule has 0 saturated heterocycles. The van der Waals surface area contributed by atoms with Gasteiger partial charge in [0, 0.05) is 13.1 Å². The highest BCUT2D eigenvalue weighted by Gasteiger charge is 2.03. The summed E-state index contributed by atoms with van der Waals surface area (Å²) in [5.74, 6) is 0. The van der Waals surface area contributed by atoms with Crippen molar-refractivity contribution in [1.82, 2.24) is 4.90 Å². The monoisotopic (exact) mass is 233 g/mol. The Kier molecular flexibility index (Phi) is 6.60. The summed E-state index contributed by atoms with van der Waals surface area (Å²) in [7, 11) is 0. The van der Waals surface area contributed by atoms with Crippen LogP contribution in [0.25, 0.3) is 6.08 Å². The molecule has 1 N–H and O–H groups in total. The van der Waals surface area contributed by atoms with Crippen molar-refractivity contribution in [2.75, 3.05) is 26.2 Å². The average Bonchev–Trinajstić information content (AvgIpc) is 2.30. The number of rotatable bonds is 7. The zero-order valence-electron chi connectivity index (χ0n) is 10.9. The van der Waals surface area contributed by atoms with Gasteiger partial charge in [0.05, 0.1) is 6.61 Å². The molecule has 0 aliphatic heterocycles. The van der Waals surface area contributed by atoms with Gasteiger partial charge in [-0.3, -0.25) is 4.90 Å². The van der Waals surface area contributed by atoms with Crippen LogP contribution in [0.1, 0.15) is 25.8 Å². The lowest BCUT2D eigenvalue weighted by atomic mass is 10.1. The lowest BCUT2D eigenvalue weighted by Crippen LogP contribution is -2.29. The topological polar surface area (TPSA) is 23.5 Å². The molecule has 94 valence electrons. The summed E-state index contributed by atoms with van der Waals surface area (Å²) in [6.45, 7) is 7.28. The maximum absolute atomic E-state index is 9.00. The first-order chi connectivity index (χ1) is 8.26. The van der Waals surface area contributed by atoms with Crippen LogP contribution in [0.5, 0.6) is 0 Å². The molecule has 0 spiro atoms. The molecule has 0 bridgehead atoms. The van der Waals surface area contributed by atoms with Crippen LogP contribution in [0, 0.1) is 0 Å². The van der Waals surface area contributed by atoms with Crippen LogP contribution in [-0.2, 0) is 0 Å². The van der Waals surface area contributed by atoms with Gasteiger partial charge in [-0.15, -0.1) is 0 Å². The molecule has 1 rings (SSSR count). The van der Waals surface area contributed by atoms with Crippen LogP contribution in [0.2, 0.25) is 0 Å². The highest BCUT2D eigenvalue weighted by molar-refractivity contribution is 5.52. The molecule has 0 amide bonds. The van der Waals surface area contributed by atoms with Crippen molar-refractivity contribution in [3.63, 3.8) is 0 Å². The average molecular weight is 233 g/mol. The van der Waals surface area contributed by atoms with Crippen LogP contribution in [0.4, 0.5) is 0 Å². The summed E-state index contributed by atoms with van der Waals surface area (Å²) in [6.07, 6.45) is 3.33. The molecule has 0 aliphatic rings. The molecule has 0 fully saturated rings. The first-order valence-corrected chi connectivity index (χ1v) is 6.31. The molecule has 1 aromatic rings. The van der Waals surface area contributed by atoms with Gasteiger partial charge in [0.1, 0.15) is 0 Å². The van der Waals surface area contributed by atoms with Gasteiger partial charge in [0.2, 0.25) is 0 Å². The standard InChI is InChI=1S/C15H23NO/c1-3-9-16(10-11-17)13-14(2)12-15-7-5-4-6-8-15/h4-8,12,17H,3,9-11,13H2,1-2H3/b14-12+. The quantitative estimate of drug-likeness (QED) is 0.783. The second-order valence-electron chi connectivity index (χ2n) is 4.40. The minimum atomic E-state index is 0.235. The predicted molar refractivity (Wildman–Crippen MR) is 73.9 cm³/mol. The number of aliphatic hydroxyl groups excluding tert-OH is 1. The fraction of sp³-hybridized carbons (Fsp3) is 0.467. The summed E-state index contributed by atoms with van der Waals surface area (Å²) >= 11 is 0. The second-order valence-corrected chi connectivity index (χ2v) is 4.40. The molecule has 0 aliphatic carbocycles. The van der Waals surface area contributed by atoms with Crippen molar-refractivity contribution in [3.8, 4) is 0 Å². The van der Waals surface area contributed by atoms with Crippen LogP contribution < -0.4 is 0 Å². The van der Waals surface area contributed by atoms with Crippen molar-refractivity contribution >= 4 is 6.08 Å². The summed E-state index contributed by atoms with van der Waals surface area (Å²) in [5, 5.41) is 9.00. The Labute approximate surface area is 105 Å². The Bertz CT molecular complexity index is 326. The van der Waals surface area contributed by atoms with Crippen LogP contribution in [-0.4, -0.2) is 36.2 Å². The van der Waals surface area contributed by atoms with E-state index in [9.17, 15) is 0 Å². The van der Waals surface area contributed by atoms with Gasteiger partial charge in [-0.25, -0.2) is 0 Å². The largest absolute Gasteiger partial charge is 0.395 e. The molecule has 0 saturated carbocycles. The molecule has 2 nitrogen and oxygen atoms in total. The Balaban J connectivity index is 2.57. The van der Waals surface area contributed by atoms with E-state index in [1.165, 1.54) is 11.1 Å². The normalized spacial score (nSPS) is 12.1.